The molecule has 2 atom stereocenters. The molecule has 0 radical (unpaired) electrons. The van der Waals surface area contributed by atoms with Crippen molar-refractivity contribution in [2.24, 2.45) is 5.92 Å². The summed E-state index contributed by atoms with van der Waals surface area (Å²) in [6, 6.07) is 0.734. The predicted octanol–water partition coefficient (Wildman–Crippen LogP) is 2.73. The fraction of sp³-hybridized carbons (Fsp3) is 0.727. The molecule has 1 heterocycles. The number of hydrogen-bond donors (Lipinski definition) is 1. The molecular weight excluding hydrogens is 192 g/mol. The summed E-state index contributed by atoms with van der Waals surface area (Å²) in [6.07, 6.45) is 6.12. The quantitative estimate of drug-likeness (QED) is 0.829. The Kier molecular flexibility index (Phi) is 3.19. The average Bonchev–Trinajstić information content (AvgIpc) is 2.72. The third kappa shape index (κ3) is 2.34. The molecule has 1 aromatic rings. The number of hydrogen-bond acceptors (Lipinski definition) is 3. The Morgan fingerprint density at radius 1 is 1.57 bits per heavy atom. The fourth-order valence-electron chi connectivity index (χ4n) is 2.17. The number of nitrogens with zero attached hydrogens (tertiary/aromatic N) is 1. The van der Waals surface area contributed by atoms with Crippen molar-refractivity contribution < 1.29 is 0 Å². The van der Waals surface area contributed by atoms with Crippen molar-refractivity contribution in [2.45, 2.75) is 45.7 Å². The second kappa shape index (κ2) is 4.41. The fourth-order valence-corrected chi connectivity index (χ4v) is 2.91. The van der Waals surface area contributed by atoms with Crippen molar-refractivity contribution in [3.05, 3.63) is 16.1 Å². The highest BCUT2D eigenvalue weighted by atomic mass is 32.1. The highest BCUT2D eigenvalue weighted by molar-refractivity contribution is 7.11. The van der Waals surface area contributed by atoms with Crippen molar-refractivity contribution in [3.63, 3.8) is 0 Å². The van der Waals surface area contributed by atoms with Crippen molar-refractivity contribution in [1.29, 1.82) is 0 Å². The number of aryl methyl sites for hydroxylation is 1. The van der Waals surface area contributed by atoms with Gasteiger partial charge < -0.3 is 5.32 Å². The van der Waals surface area contributed by atoms with Crippen molar-refractivity contribution >= 4 is 11.3 Å². The molecule has 14 heavy (non-hydrogen) atoms. The summed E-state index contributed by atoms with van der Waals surface area (Å²) in [7, 11) is 0. The van der Waals surface area contributed by atoms with Crippen LogP contribution in [0.1, 0.15) is 36.1 Å². The zero-order valence-electron chi connectivity index (χ0n) is 8.92. The van der Waals surface area contributed by atoms with Gasteiger partial charge in [0.15, 0.2) is 0 Å². The summed E-state index contributed by atoms with van der Waals surface area (Å²) in [5.74, 6) is 0.851. The van der Waals surface area contributed by atoms with Crippen LogP contribution in [0.5, 0.6) is 0 Å². The number of thiazole rings is 1. The van der Waals surface area contributed by atoms with Crippen LogP contribution in [0.25, 0.3) is 0 Å². The zero-order valence-corrected chi connectivity index (χ0v) is 9.73. The van der Waals surface area contributed by atoms with Crippen LogP contribution in [0.15, 0.2) is 6.20 Å². The molecule has 2 unspecified atom stereocenters. The standard InChI is InChI=1S/C11H18N2S/c1-8-4-3-5-11(8)13-7-10-6-12-9(2)14-10/h6,8,11,13H,3-5,7H2,1-2H3. The van der Waals surface area contributed by atoms with Crippen LogP contribution in [0.3, 0.4) is 0 Å². The molecule has 2 nitrogen and oxygen atoms in total. The van der Waals surface area contributed by atoms with Gasteiger partial charge in [0.25, 0.3) is 0 Å². The zero-order chi connectivity index (χ0) is 9.97. The smallest absolute Gasteiger partial charge is 0.0897 e. The van der Waals surface area contributed by atoms with Crippen LogP contribution in [-0.2, 0) is 6.54 Å². The Bertz CT molecular complexity index is 295. The Morgan fingerprint density at radius 3 is 3.00 bits per heavy atom. The van der Waals surface area contributed by atoms with Gasteiger partial charge in [-0.25, -0.2) is 4.98 Å². The Balaban J connectivity index is 1.82. The molecule has 78 valence electrons. The molecule has 0 aliphatic heterocycles. The molecule has 0 aromatic carbocycles. The molecule has 0 spiro atoms. The van der Waals surface area contributed by atoms with Gasteiger partial charge in [-0.15, -0.1) is 11.3 Å². The van der Waals surface area contributed by atoms with Gasteiger partial charge in [-0.1, -0.05) is 13.3 Å². The Labute approximate surface area is 89.8 Å². The van der Waals surface area contributed by atoms with Crippen LogP contribution in [-0.4, -0.2) is 11.0 Å². The lowest BCUT2D eigenvalue weighted by molar-refractivity contribution is 0.427. The summed E-state index contributed by atoms with van der Waals surface area (Å²) in [4.78, 5) is 5.62. The molecule has 1 aromatic heterocycles. The maximum absolute atomic E-state index is 4.26. The minimum absolute atomic E-state index is 0.734. The van der Waals surface area contributed by atoms with Gasteiger partial charge in [0.05, 0.1) is 5.01 Å². The largest absolute Gasteiger partial charge is 0.309 e. The van der Waals surface area contributed by atoms with E-state index in [0.717, 1.165) is 18.5 Å². The molecule has 0 bridgehead atoms. The number of aromatic nitrogens is 1. The second-order valence-electron chi connectivity index (χ2n) is 4.24. The first-order chi connectivity index (χ1) is 6.75. The lowest BCUT2D eigenvalue weighted by Gasteiger charge is -2.16. The first-order valence-electron chi connectivity index (χ1n) is 5.40. The van der Waals surface area contributed by atoms with E-state index in [1.807, 2.05) is 6.20 Å². The molecule has 1 saturated carbocycles. The van der Waals surface area contributed by atoms with Gasteiger partial charge in [-0.05, 0) is 25.7 Å². The first kappa shape index (κ1) is 10.1. The molecule has 0 saturated heterocycles. The molecule has 1 aliphatic carbocycles. The van der Waals surface area contributed by atoms with E-state index in [4.69, 9.17) is 0 Å². The summed E-state index contributed by atoms with van der Waals surface area (Å²) >= 11 is 1.80. The second-order valence-corrected chi connectivity index (χ2v) is 5.56. The van der Waals surface area contributed by atoms with E-state index in [1.54, 1.807) is 11.3 Å². The molecular formula is C11H18N2S. The van der Waals surface area contributed by atoms with Gasteiger partial charge in [0.1, 0.15) is 0 Å². The Hall–Kier alpha value is -0.410. The van der Waals surface area contributed by atoms with Gasteiger partial charge in [0, 0.05) is 23.7 Å². The minimum Gasteiger partial charge on any atom is -0.309 e. The first-order valence-corrected chi connectivity index (χ1v) is 6.22. The maximum atomic E-state index is 4.26. The molecule has 2 rings (SSSR count). The molecule has 1 aliphatic rings. The van der Waals surface area contributed by atoms with Gasteiger partial charge in [-0.2, -0.15) is 0 Å². The average molecular weight is 210 g/mol. The predicted molar refractivity (Wildman–Crippen MR) is 60.5 cm³/mol. The summed E-state index contributed by atoms with van der Waals surface area (Å²) < 4.78 is 0. The van der Waals surface area contributed by atoms with Gasteiger partial charge >= 0.3 is 0 Å². The van der Waals surface area contributed by atoms with E-state index < -0.39 is 0 Å². The molecule has 1 N–H and O–H groups in total. The third-order valence-electron chi connectivity index (χ3n) is 3.07. The highest BCUT2D eigenvalue weighted by Gasteiger charge is 2.22. The highest BCUT2D eigenvalue weighted by Crippen LogP contribution is 2.25. The number of nitrogens with one attached hydrogen (secondary N) is 1. The van der Waals surface area contributed by atoms with Crippen molar-refractivity contribution in [3.8, 4) is 0 Å². The summed E-state index contributed by atoms with van der Waals surface area (Å²) in [5.41, 5.74) is 0. The van der Waals surface area contributed by atoms with Crippen molar-refractivity contribution in [1.82, 2.24) is 10.3 Å². The minimum atomic E-state index is 0.734. The summed E-state index contributed by atoms with van der Waals surface area (Å²) in [6.45, 7) is 5.41. The van der Waals surface area contributed by atoms with E-state index in [0.29, 0.717) is 0 Å². The Morgan fingerprint density at radius 2 is 2.43 bits per heavy atom. The van der Waals surface area contributed by atoms with E-state index in [1.165, 1.54) is 29.1 Å². The van der Waals surface area contributed by atoms with Crippen LogP contribution in [0, 0.1) is 12.8 Å². The maximum Gasteiger partial charge on any atom is 0.0897 e. The lowest BCUT2D eigenvalue weighted by Crippen LogP contribution is -2.30. The monoisotopic (exact) mass is 210 g/mol. The van der Waals surface area contributed by atoms with Crippen LogP contribution in [0.2, 0.25) is 0 Å². The molecule has 1 fully saturated rings. The third-order valence-corrected chi connectivity index (χ3v) is 3.98. The topological polar surface area (TPSA) is 24.9 Å². The number of rotatable bonds is 3. The van der Waals surface area contributed by atoms with E-state index in [-0.39, 0.29) is 0 Å². The van der Waals surface area contributed by atoms with Crippen molar-refractivity contribution in [2.75, 3.05) is 0 Å². The van der Waals surface area contributed by atoms with Crippen LogP contribution in [0.4, 0.5) is 0 Å². The van der Waals surface area contributed by atoms with Gasteiger partial charge in [0.2, 0.25) is 0 Å². The summed E-state index contributed by atoms with van der Waals surface area (Å²) in [5, 5.41) is 4.80. The van der Waals surface area contributed by atoms with Gasteiger partial charge in [-0.3, -0.25) is 0 Å². The normalized spacial score (nSPS) is 27.0. The van der Waals surface area contributed by atoms with E-state index in [9.17, 15) is 0 Å². The van der Waals surface area contributed by atoms with Crippen LogP contribution < -0.4 is 5.32 Å². The lowest BCUT2D eigenvalue weighted by atomic mass is 10.1. The van der Waals surface area contributed by atoms with E-state index in [2.05, 4.69) is 24.1 Å². The molecule has 3 heteroatoms. The van der Waals surface area contributed by atoms with E-state index >= 15 is 0 Å². The SMILES string of the molecule is Cc1ncc(CNC2CCCC2C)s1. The molecule has 0 amide bonds. The van der Waals surface area contributed by atoms with Crippen LogP contribution >= 0.6 is 11.3 Å².